The van der Waals surface area contributed by atoms with E-state index < -0.39 is 0 Å². The van der Waals surface area contributed by atoms with Crippen molar-refractivity contribution in [2.45, 2.75) is 45.1 Å². The molecule has 47 heavy (non-hydrogen) atoms. The van der Waals surface area contributed by atoms with Crippen molar-refractivity contribution in [1.82, 2.24) is 24.8 Å². The van der Waals surface area contributed by atoms with E-state index in [2.05, 4.69) is 10.6 Å². The van der Waals surface area contributed by atoms with E-state index >= 15 is 0 Å². The third-order valence-corrected chi connectivity index (χ3v) is 9.35. The van der Waals surface area contributed by atoms with Crippen LogP contribution in [0.4, 0.5) is 4.39 Å². The molecule has 0 radical (unpaired) electrons. The van der Waals surface area contributed by atoms with Crippen LogP contribution in [0, 0.1) is 12.7 Å². The SMILES string of the molecule is Cc1c(F)cccc1Cc1c(-c2ccccc2)c2cc(C(=O)N3CCCCC3)ccn2c1C(=O)N1CCN[C@@H](CC(=O)NCCO)C1. The van der Waals surface area contributed by atoms with Crippen LogP contribution in [0.2, 0.25) is 0 Å². The zero-order chi connectivity index (χ0) is 32.9. The van der Waals surface area contributed by atoms with Crippen molar-refractivity contribution in [1.29, 1.82) is 0 Å². The molecule has 2 saturated heterocycles. The van der Waals surface area contributed by atoms with Crippen molar-refractivity contribution in [3.8, 4) is 11.1 Å². The molecular formula is C37H42FN5O4. The van der Waals surface area contributed by atoms with Gasteiger partial charge in [0.15, 0.2) is 0 Å². The van der Waals surface area contributed by atoms with Gasteiger partial charge in [-0.2, -0.15) is 0 Å². The first-order valence-corrected chi connectivity index (χ1v) is 16.5. The van der Waals surface area contributed by atoms with Crippen molar-refractivity contribution in [2.75, 3.05) is 45.9 Å². The third-order valence-electron chi connectivity index (χ3n) is 9.35. The van der Waals surface area contributed by atoms with Gasteiger partial charge >= 0.3 is 0 Å². The monoisotopic (exact) mass is 639 g/mol. The van der Waals surface area contributed by atoms with Gasteiger partial charge in [-0.25, -0.2) is 4.39 Å². The second-order valence-corrected chi connectivity index (χ2v) is 12.5. The average Bonchev–Trinajstić information content (AvgIpc) is 3.42. The molecular weight excluding hydrogens is 597 g/mol. The summed E-state index contributed by atoms with van der Waals surface area (Å²) < 4.78 is 16.7. The number of likely N-dealkylation sites (tertiary alicyclic amines) is 1. The van der Waals surface area contributed by atoms with Crippen LogP contribution in [-0.4, -0.2) is 88.9 Å². The van der Waals surface area contributed by atoms with Crippen molar-refractivity contribution in [3.63, 3.8) is 0 Å². The smallest absolute Gasteiger partial charge is 0.271 e. The highest BCUT2D eigenvalue weighted by Gasteiger charge is 2.32. The molecule has 2 aliphatic rings. The Morgan fingerprint density at radius 1 is 0.957 bits per heavy atom. The van der Waals surface area contributed by atoms with Crippen LogP contribution in [0.5, 0.6) is 0 Å². The summed E-state index contributed by atoms with van der Waals surface area (Å²) in [5, 5.41) is 15.1. The number of aromatic nitrogens is 1. The zero-order valence-electron chi connectivity index (χ0n) is 26.8. The largest absolute Gasteiger partial charge is 0.395 e. The number of aliphatic hydroxyl groups excluding tert-OH is 1. The Balaban J connectivity index is 1.48. The molecule has 6 rings (SSSR count). The highest BCUT2D eigenvalue weighted by Crippen LogP contribution is 2.37. The molecule has 1 atom stereocenters. The summed E-state index contributed by atoms with van der Waals surface area (Å²) in [6.07, 6.45) is 5.39. The normalized spacial score (nSPS) is 16.8. The van der Waals surface area contributed by atoms with Gasteiger partial charge in [-0.05, 0) is 66.6 Å². The number of piperazine rings is 1. The van der Waals surface area contributed by atoms with Gasteiger partial charge in [0.25, 0.3) is 11.8 Å². The maximum atomic E-state index is 14.8. The third kappa shape index (κ3) is 6.94. The number of benzene rings is 2. The summed E-state index contributed by atoms with van der Waals surface area (Å²) in [5.41, 5.74) is 5.56. The second-order valence-electron chi connectivity index (χ2n) is 12.5. The lowest BCUT2D eigenvalue weighted by Crippen LogP contribution is -2.54. The number of hydrogen-bond acceptors (Lipinski definition) is 5. The Morgan fingerprint density at radius 2 is 1.74 bits per heavy atom. The maximum absolute atomic E-state index is 14.8. The number of carbonyl (C=O) groups excluding carboxylic acids is 3. The number of rotatable bonds is 9. The molecule has 3 amide bonds. The number of hydrogen-bond donors (Lipinski definition) is 3. The number of aliphatic hydroxyl groups is 1. The number of piperidine rings is 1. The molecule has 0 spiro atoms. The van der Waals surface area contributed by atoms with Crippen LogP contribution in [0.25, 0.3) is 16.6 Å². The van der Waals surface area contributed by atoms with E-state index in [1.807, 2.05) is 58.0 Å². The van der Waals surface area contributed by atoms with E-state index in [9.17, 15) is 18.8 Å². The van der Waals surface area contributed by atoms with Gasteiger partial charge in [0.2, 0.25) is 5.91 Å². The highest BCUT2D eigenvalue weighted by atomic mass is 19.1. The van der Waals surface area contributed by atoms with Crippen molar-refractivity contribution < 1.29 is 23.9 Å². The van der Waals surface area contributed by atoms with E-state index in [1.165, 1.54) is 6.07 Å². The number of amides is 3. The molecule has 246 valence electrons. The Morgan fingerprint density at radius 3 is 2.51 bits per heavy atom. The van der Waals surface area contributed by atoms with E-state index in [1.54, 1.807) is 24.0 Å². The number of pyridine rings is 1. The lowest BCUT2D eigenvalue weighted by molar-refractivity contribution is -0.121. The van der Waals surface area contributed by atoms with Gasteiger partial charge < -0.3 is 29.9 Å². The fraction of sp³-hybridized carbons (Fsp3) is 0.378. The number of nitrogens with one attached hydrogen (secondary N) is 2. The van der Waals surface area contributed by atoms with Gasteiger partial charge in [-0.1, -0.05) is 42.5 Å². The van der Waals surface area contributed by atoms with Crippen LogP contribution in [0.1, 0.15) is 63.2 Å². The van der Waals surface area contributed by atoms with Crippen molar-refractivity contribution in [2.24, 2.45) is 0 Å². The first-order chi connectivity index (χ1) is 22.9. The number of fused-ring (bicyclic) bond motifs is 1. The molecule has 0 bridgehead atoms. The van der Waals surface area contributed by atoms with Gasteiger partial charge in [0.05, 0.1) is 12.1 Å². The van der Waals surface area contributed by atoms with Gasteiger partial charge in [-0.15, -0.1) is 0 Å². The molecule has 4 heterocycles. The molecule has 2 aromatic heterocycles. The molecule has 2 aromatic carbocycles. The number of nitrogens with zero attached hydrogens (tertiary/aromatic N) is 3. The molecule has 2 fully saturated rings. The predicted molar refractivity (Wildman–Crippen MR) is 179 cm³/mol. The predicted octanol–water partition coefficient (Wildman–Crippen LogP) is 4.18. The summed E-state index contributed by atoms with van der Waals surface area (Å²) in [6, 6.07) is 18.3. The average molecular weight is 640 g/mol. The molecule has 3 N–H and O–H groups in total. The molecule has 9 nitrogen and oxygen atoms in total. The Hall–Kier alpha value is -4.54. The first kappa shape index (κ1) is 32.4. The van der Waals surface area contributed by atoms with Crippen molar-refractivity contribution in [3.05, 3.63) is 101 Å². The number of halogens is 1. The van der Waals surface area contributed by atoms with E-state index in [0.717, 1.165) is 60.1 Å². The van der Waals surface area contributed by atoms with Crippen LogP contribution >= 0.6 is 0 Å². The summed E-state index contributed by atoms with van der Waals surface area (Å²) in [5.74, 6) is -0.714. The van der Waals surface area contributed by atoms with Gasteiger partial charge in [0, 0.05) is 75.5 Å². The summed E-state index contributed by atoms with van der Waals surface area (Å²) in [7, 11) is 0. The fourth-order valence-electron chi connectivity index (χ4n) is 6.87. The second kappa shape index (κ2) is 14.5. The molecule has 0 unspecified atom stereocenters. The first-order valence-electron chi connectivity index (χ1n) is 16.5. The fourth-order valence-corrected chi connectivity index (χ4v) is 6.87. The van der Waals surface area contributed by atoms with E-state index in [0.29, 0.717) is 42.9 Å². The van der Waals surface area contributed by atoms with Gasteiger partial charge in [0.1, 0.15) is 11.5 Å². The Labute approximate surface area is 274 Å². The maximum Gasteiger partial charge on any atom is 0.271 e. The summed E-state index contributed by atoms with van der Waals surface area (Å²) in [4.78, 5) is 44.5. The molecule has 2 aliphatic heterocycles. The Bertz CT molecular complexity index is 1770. The van der Waals surface area contributed by atoms with Gasteiger partial charge in [-0.3, -0.25) is 14.4 Å². The molecule has 0 saturated carbocycles. The van der Waals surface area contributed by atoms with Crippen LogP contribution in [0.3, 0.4) is 0 Å². The number of carbonyl (C=O) groups is 3. The molecule has 10 heteroatoms. The molecule has 4 aromatic rings. The van der Waals surface area contributed by atoms with Crippen LogP contribution < -0.4 is 10.6 Å². The lowest BCUT2D eigenvalue weighted by Gasteiger charge is -2.33. The summed E-state index contributed by atoms with van der Waals surface area (Å²) in [6.45, 7) is 4.54. The van der Waals surface area contributed by atoms with Crippen LogP contribution in [0.15, 0.2) is 66.9 Å². The topological polar surface area (TPSA) is 106 Å². The quantitative estimate of drug-likeness (QED) is 0.255. The minimum absolute atomic E-state index is 0.0211. The molecule has 0 aliphatic carbocycles. The minimum Gasteiger partial charge on any atom is -0.395 e. The lowest BCUT2D eigenvalue weighted by atomic mass is 9.93. The zero-order valence-corrected chi connectivity index (χ0v) is 26.8. The van der Waals surface area contributed by atoms with Crippen LogP contribution in [-0.2, 0) is 11.2 Å². The van der Waals surface area contributed by atoms with E-state index in [4.69, 9.17) is 5.11 Å². The minimum atomic E-state index is -0.306. The Kier molecular flexibility index (Phi) is 9.98. The standard InChI is InChI=1S/C37H42FN5O4/c1-25-27(11-8-12-31(25)38)21-30-34(26-9-4-2-5-10-26)32-22-28(36(46)41-16-6-3-7-17-41)13-18-43(32)35(30)37(47)42-19-14-39-29(24-42)23-33(45)40-15-20-44/h2,4-5,8-13,18,22,29,39,44H,3,6-7,14-17,19-21,23-24H2,1H3,(H,40,45)/t29-/m0/s1. The summed E-state index contributed by atoms with van der Waals surface area (Å²) >= 11 is 0. The highest BCUT2D eigenvalue weighted by molar-refractivity contribution is 6.03. The van der Waals surface area contributed by atoms with E-state index in [-0.39, 0.29) is 49.2 Å². The van der Waals surface area contributed by atoms with Crippen molar-refractivity contribution >= 4 is 23.2 Å².